The van der Waals surface area contributed by atoms with Gasteiger partial charge in [-0.1, -0.05) is 0 Å². The first-order valence-electron chi connectivity index (χ1n) is 6.01. The van der Waals surface area contributed by atoms with Gasteiger partial charge < -0.3 is 0 Å². The summed E-state index contributed by atoms with van der Waals surface area (Å²) >= 11 is 0. The Hall–Kier alpha value is -2.70. The van der Waals surface area contributed by atoms with Crippen LogP contribution in [0.4, 0.5) is 25.8 Å². The third-order valence-corrected chi connectivity index (χ3v) is 2.86. The van der Waals surface area contributed by atoms with Crippen molar-refractivity contribution in [3.8, 4) is 0 Å². The highest BCUT2D eigenvalue weighted by atomic mass is 19.1. The van der Waals surface area contributed by atoms with E-state index in [0.29, 0.717) is 16.8 Å². The lowest BCUT2D eigenvalue weighted by Gasteiger charge is -2.02. The third kappa shape index (κ3) is 3.25. The van der Waals surface area contributed by atoms with Crippen LogP contribution in [0.25, 0.3) is 0 Å². The van der Waals surface area contributed by atoms with Gasteiger partial charge in [0.15, 0.2) is 5.69 Å². The number of rotatable bonds is 3. The molecule has 0 radical (unpaired) electrons. The lowest BCUT2D eigenvalue weighted by Crippen LogP contribution is -1.92. The van der Waals surface area contributed by atoms with Crippen molar-refractivity contribution in [3.63, 3.8) is 0 Å². The maximum absolute atomic E-state index is 13.2. The fourth-order valence-electron chi connectivity index (χ4n) is 1.82. The van der Waals surface area contributed by atoms with Gasteiger partial charge >= 0.3 is 0 Å². The van der Waals surface area contributed by atoms with Gasteiger partial charge in [0.05, 0.1) is 16.7 Å². The summed E-state index contributed by atoms with van der Waals surface area (Å²) in [6.45, 7) is 3.14. The van der Waals surface area contributed by atoms with E-state index in [4.69, 9.17) is 0 Å². The summed E-state index contributed by atoms with van der Waals surface area (Å²) in [5.41, 5.74) is 0.738. The van der Waals surface area contributed by atoms with Gasteiger partial charge in [-0.2, -0.15) is 5.11 Å². The smallest absolute Gasteiger partial charge is 0.258 e. The number of aryl methyl sites for hydroxylation is 2. The number of nitro benzene ring substituents is 1. The first kappa shape index (κ1) is 14.7. The summed E-state index contributed by atoms with van der Waals surface area (Å²) in [5.74, 6) is -1.12. The summed E-state index contributed by atoms with van der Waals surface area (Å²) < 4.78 is 26.2. The molecule has 21 heavy (non-hydrogen) atoms. The van der Waals surface area contributed by atoms with E-state index < -0.39 is 22.2 Å². The molecule has 0 amide bonds. The van der Waals surface area contributed by atoms with E-state index in [9.17, 15) is 18.9 Å². The zero-order chi connectivity index (χ0) is 15.6. The van der Waals surface area contributed by atoms with Crippen molar-refractivity contribution in [2.24, 2.45) is 10.2 Å². The van der Waals surface area contributed by atoms with Crippen LogP contribution < -0.4 is 0 Å². The summed E-state index contributed by atoms with van der Waals surface area (Å²) in [5, 5.41) is 18.6. The van der Waals surface area contributed by atoms with E-state index in [0.717, 1.165) is 12.1 Å². The first-order valence-corrected chi connectivity index (χ1v) is 6.01. The maximum atomic E-state index is 13.2. The number of nitrogens with zero attached hydrogens (tertiary/aromatic N) is 3. The summed E-state index contributed by atoms with van der Waals surface area (Å²) in [6.07, 6.45) is 0. The molecule has 2 aromatic rings. The highest BCUT2D eigenvalue weighted by Gasteiger charge is 2.18. The predicted octanol–water partition coefficient (Wildman–Crippen LogP) is 4.91. The fraction of sp³-hybridized carbons (Fsp3) is 0.143. The Kier molecular flexibility index (Phi) is 4.02. The summed E-state index contributed by atoms with van der Waals surface area (Å²) in [7, 11) is 0. The average Bonchev–Trinajstić information content (AvgIpc) is 2.38. The van der Waals surface area contributed by atoms with Crippen molar-refractivity contribution in [1.29, 1.82) is 0 Å². The molecule has 0 saturated heterocycles. The van der Waals surface area contributed by atoms with Gasteiger partial charge in [0.2, 0.25) is 0 Å². The van der Waals surface area contributed by atoms with Crippen LogP contribution in [0, 0.1) is 35.6 Å². The lowest BCUT2D eigenvalue weighted by atomic mass is 10.1. The van der Waals surface area contributed by atoms with Gasteiger partial charge in [-0.15, -0.1) is 5.11 Å². The quantitative estimate of drug-likeness (QED) is 0.458. The molecule has 0 aliphatic carbocycles. The molecule has 0 aliphatic heterocycles. The molecule has 0 spiro atoms. The molecule has 0 unspecified atom stereocenters. The van der Waals surface area contributed by atoms with Crippen molar-refractivity contribution in [3.05, 3.63) is 63.2 Å². The van der Waals surface area contributed by atoms with Crippen LogP contribution in [-0.2, 0) is 0 Å². The molecule has 0 atom stereocenters. The van der Waals surface area contributed by atoms with Crippen LogP contribution in [-0.4, -0.2) is 4.92 Å². The molecule has 2 rings (SSSR count). The second-order valence-electron chi connectivity index (χ2n) is 4.48. The highest BCUT2D eigenvalue weighted by molar-refractivity contribution is 5.62. The lowest BCUT2D eigenvalue weighted by molar-refractivity contribution is -0.384. The zero-order valence-corrected chi connectivity index (χ0v) is 11.3. The van der Waals surface area contributed by atoms with E-state index in [1.807, 2.05) is 0 Å². The molecule has 0 bridgehead atoms. The van der Waals surface area contributed by atoms with E-state index in [-0.39, 0.29) is 5.69 Å². The number of azo groups is 1. The Balaban J connectivity index is 2.48. The number of halogens is 2. The predicted molar refractivity (Wildman–Crippen MR) is 73.1 cm³/mol. The molecule has 0 heterocycles. The van der Waals surface area contributed by atoms with Crippen LogP contribution in [0.1, 0.15) is 11.1 Å². The number of benzene rings is 2. The first-order chi connectivity index (χ1) is 9.88. The van der Waals surface area contributed by atoms with Crippen molar-refractivity contribution < 1.29 is 13.7 Å². The average molecular weight is 291 g/mol. The topological polar surface area (TPSA) is 67.9 Å². The van der Waals surface area contributed by atoms with E-state index >= 15 is 0 Å². The summed E-state index contributed by atoms with van der Waals surface area (Å²) in [4.78, 5) is 10.2. The van der Waals surface area contributed by atoms with Gasteiger partial charge in [-0.25, -0.2) is 8.78 Å². The molecule has 0 fully saturated rings. The molecule has 0 aromatic heterocycles. The monoisotopic (exact) mass is 291 g/mol. The number of nitro groups is 1. The van der Waals surface area contributed by atoms with Crippen molar-refractivity contribution in [1.82, 2.24) is 0 Å². The summed E-state index contributed by atoms with van der Waals surface area (Å²) in [6, 6.07) is 5.84. The molecular formula is C14H11F2N3O2. The molecule has 108 valence electrons. The minimum atomic E-state index is -0.720. The Labute approximate surface area is 119 Å². The standard InChI is InChI=1S/C14H11F2N3O2/c1-8-5-10(15)3-4-12(8)17-18-14-9(2)6-11(16)7-13(14)19(20)21/h3-7H,1-2H3. The number of hydrogen-bond donors (Lipinski definition) is 0. The molecule has 7 heteroatoms. The van der Waals surface area contributed by atoms with Crippen molar-refractivity contribution >= 4 is 17.1 Å². The van der Waals surface area contributed by atoms with Crippen molar-refractivity contribution in [2.45, 2.75) is 13.8 Å². The SMILES string of the molecule is Cc1cc(F)ccc1N=Nc1c(C)cc(F)cc1[N+](=O)[O-]. The molecule has 0 saturated carbocycles. The Morgan fingerprint density at radius 3 is 2.29 bits per heavy atom. The van der Waals surface area contributed by atoms with Gasteiger partial charge in [0.1, 0.15) is 11.6 Å². The zero-order valence-electron chi connectivity index (χ0n) is 11.3. The minimum absolute atomic E-state index is 0.0230. The Morgan fingerprint density at radius 2 is 1.67 bits per heavy atom. The highest BCUT2D eigenvalue weighted by Crippen LogP contribution is 2.33. The van der Waals surface area contributed by atoms with Gasteiger partial charge in [-0.05, 0) is 49.2 Å². The molecule has 0 aliphatic rings. The van der Waals surface area contributed by atoms with E-state index in [1.54, 1.807) is 6.92 Å². The fourth-order valence-corrected chi connectivity index (χ4v) is 1.82. The third-order valence-electron chi connectivity index (χ3n) is 2.86. The van der Waals surface area contributed by atoms with Crippen LogP contribution in [0.15, 0.2) is 40.6 Å². The second kappa shape index (κ2) is 5.74. The van der Waals surface area contributed by atoms with Crippen LogP contribution in [0.2, 0.25) is 0 Å². The minimum Gasteiger partial charge on any atom is -0.258 e. The number of hydrogen-bond acceptors (Lipinski definition) is 4. The van der Waals surface area contributed by atoms with Crippen LogP contribution in [0.3, 0.4) is 0 Å². The maximum Gasteiger partial charge on any atom is 0.299 e. The molecule has 0 N–H and O–H groups in total. The van der Waals surface area contributed by atoms with Gasteiger partial charge in [0.25, 0.3) is 5.69 Å². The Bertz CT molecular complexity index is 745. The van der Waals surface area contributed by atoms with E-state index in [1.165, 1.54) is 25.1 Å². The Morgan fingerprint density at radius 1 is 1.00 bits per heavy atom. The van der Waals surface area contributed by atoms with E-state index in [2.05, 4.69) is 10.2 Å². The molecular weight excluding hydrogens is 280 g/mol. The van der Waals surface area contributed by atoms with Gasteiger partial charge in [0, 0.05) is 0 Å². The normalized spacial score (nSPS) is 11.0. The largest absolute Gasteiger partial charge is 0.299 e. The second-order valence-corrected chi connectivity index (χ2v) is 4.48. The van der Waals surface area contributed by atoms with Crippen LogP contribution in [0.5, 0.6) is 0 Å². The van der Waals surface area contributed by atoms with Crippen molar-refractivity contribution in [2.75, 3.05) is 0 Å². The molecule has 2 aromatic carbocycles. The van der Waals surface area contributed by atoms with Gasteiger partial charge in [-0.3, -0.25) is 10.1 Å². The molecule has 5 nitrogen and oxygen atoms in total. The van der Waals surface area contributed by atoms with Crippen LogP contribution >= 0.6 is 0 Å².